The van der Waals surface area contributed by atoms with E-state index in [2.05, 4.69) is 0 Å². The van der Waals surface area contributed by atoms with E-state index in [9.17, 15) is 14.7 Å². The Morgan fingerprint density at radius 2 is 1.94 bits per heavy atom. The minimum absolute atomic E-state index is 0.0206. The molecule has 4 atom stereocenters. The summed E-state index contributed by atoms with van der Waals surface area (Å²) >= 11 is 5.66. The SMILES string of the molecule is CC(=O)OC1CC(O)OC(CCl)C1OC(C)=O. The third-order valence-electron chi connectivity index (χ3n) is 2.27. The number of aliphatic hydroxyl groups excluding tert-OH is 1. The highest BCUT2D eigenvalue weighted by atomic mass is 35.5. The Bertz CT molecular complexity index is 295. The molecule has 0 radical (unpaired) electrons. The molecule has 0 aromatic carbocycles. The summed E-state index contributed by atoms with van der Waals surface area (Å²) < 4.78 is 15.1. The molecule has 4 unspecified atom stereocenters. The first-order valence-corrected chi connectivity index (χ1v) is 5.71. The van der Waals surface area contributed by atoms with Gasteiger partial charge in [-0.25, -0.2) is 0 Å². The van der Waals surface area contributed by atoms with Gasteiger partial charge in [0.2, 0.25) is 0 Å². The van der Waals surface area contributed by atoms with E-state index in [1.165, 1.54) is 13.8 Å². The zero-order valence-electron chi connectivity index (χ0n) is 9.59. The lowest BCUT2D eigenvalue weighted by Gasteiger charge is -2.37. The molecule has 1 saturated heterocycles. The number of hydrogen-bond acceptors (Lipinski definition) is 6. The van der Waals surface area contributed by atoms with Crippen LogP contribution in [-0.2, 0) is 23.8 Å². The molecule has 0 aromatic heterocycles. The number of carbonyl (C=O) groups is 2. The summed E-state index contributed by atoms with van der Waals surface area (Å²) in [4.78, 5) is 21.9. The standard InChI is InChI=1S/C10H15ClO6/c1-5(12)15-7-3-9(14)17-8(4-11)10(7)16-6(2)13/h7-10,14H,3-4H2,1-2H3. The number of halogens is 1. The van der Waals surface area contributed by atoms with Gasteiger partial charge in [-0.2, -0.15) is 0 Å². The first-order valence-electron chi connectivity index (χ1n) is 5.18. The monoisotopic (exact) mass is 266 g/mol. The third kappa shape index (κ3) is 4.14. The second-order valence-corrected chi connectivity index (χ2v) is 4.05. The smallest absolute Gasteiger partial charge is 0.303 e. The van der Waals surface area contributed by atoms with Gasteiger partial charge in [-0.1, -0.05) is 0 Å². The minimum atomic E-state index is -1.09. The molecule has 98 valence electrons. The van der Waals surface area contributed by atoms with Crippen LogP contribution in [0.3, 0.4) is 0 Å². The van der Waals surface area contributed by atoms with E-state index >= 15 is 0 Å². The van der Waals surface area contributed by atoms with Crippen molar-refractivity contribution in [2.75, 3.05) is 5.88 Å². The molecule has 1 aliphatic heterocycles. The highest BCUT2D eigenvalue weighted by molar-refractivity contribution is 6.18. The number of alkyl halides is 1. The lowest BCUT2D eigenvalue weighted by Crippen LogP contribution is -2.52. The van der Waals surface area contributed by atoms with Crippen molar-refractivity contribution in [3.05, 3.63) is 0 Å². The molecule has 1 heterocycles. The third-order valence-corrected chi connectivity index (χ3v) is 2.57. The maximum Gasteiger partial charge on any atom is 0.303 e. The van der Waals surface area contributed by atoms with E-state index in [4.69, 9.17) is 25.8 Å². The van der Waals surface area contributed by atoms with Crippen molar-refractivity contribution >= 4 is 23.5 Å². The lowest BCUT2D eigenvalue weighted by atomic mass is 10.0. The number of ether oxygens (including phenoxy) is 3. The lowest BCUT2D eigenvalue weighted by molar-refractivity contribution is -0.240. The molecule has 0 amide bonds. The Morgan fingerprint density at radius 3 is 2.41 bits per heavy atom. The summed E-state index contributed by atoms with van der Waals surface area (Å²) in [5.74, 6) is -1.02. The van der Waals surface area contributed by atoms with Crippen molar-refractivity contribution in [2.45, 2.75) is 44.9 Å². The summed E-state index contributed by atoms with van der Waals surface area (Å²) in [5.41, 5.74) is 0. The number of hydrogen-bond donors (Lipinski definition) is 1. The van der Waals surface area contributed by atoms with Crippen molar-refractivity contribution in [3.63, 3.8) is 0 Å². The van der Waals surface area contributed by atoms with E-state index < -0.39 is 36.5 Å². The van der Waals surface area contributed by atoms with Crippen LogP contribution in [0.25, 0.3) is 0 Å². The molecular formula is C10H15ClO6. The Kier molecular flexibility index (Phi) is 5.17. The first-order chi connectivity index (χ1) is 7.93. The normalized spacial score (nSPS) is 32.9. The Hall–Kier alpha value is -0.850. The molecule has 0 bridgehead atoms. The number of carbonyl (C=O) groups excluding carboxylic acids is 2. The van der Waals surface area contributed by atoms with Crippen molar-refractivity contribution < 1.29 is 28.9 Å². The molecular weight excluding hydrogens is 252 g/mol. The molecule has 1 aliphatic rings. The molecule has 17 heavy (non-hydrogen) atoms. The van der Waals surface area contributed by atoms with Crippen LogP contribution in [0.4, 0.5) is 0 Å². The zero-order valence-corrected chi connectivity index (χ0v) is 10.3. The van der Waals surface area contributed by atoms with E-state index in [1.807, 2.05) is 0 Å². The van der Waals surface area contributed by atoms with Gasteiger partial charge in [0.25, 0.3) is 0 Å². The fourth-order valence-corrected chi connectivity index (χ4v) is 1.95. The highest BCUT2D eigenvalue weighted by Gasteiger charge is 2.42. The maximum absolute atomic E-state index is 11.0. The van der Waals surface area contributed by atoms with Crippen LogP contribution in [0.5, 0.6) is 0 Å². The van der Waals surface area contributed by atoms with E-state index in [0.717, 1.165) is 0 Å². The Balaban J connectivity index is 2.78. The summed E-state index contributed by atoms with van der Waals surface area (Å²) in [7, 11) is 0. The summed E-state index contributed by atoms with van der Waals surface area (Å²) in [6, 6.07) is 0. The van der Waals surface area contributed by atoms with Crippen molar-refractivity contribution in [2.24, 2.45) is 0 Å². The number of aliphatic hydroxyl groups is 1. The Labute approximate surface area is 104 Å². The average molecular weight is 267 g/mol. The fraction of sp³-hybridized carbons (Fsp3) is 0.800. The van der Waals surface area contributed by atoms with Crippen LogP contribution in [0.1, 0.15) is 20.3 Å². The second kappa shape index (κ2) is 6.18. The summed E-state index contributed by atoms with van der Waals surface area (Å²) in [5, 5.41) is 9.43. The summed E-state index contributed by atoms with van der Waals surface area (Å²) in [6.07, 6.45) is -3.28. The van der Waals surface area contributed by atoms with Gasteiger partial charge in [-0.3, -0.25) is 9.59 Å². The van der Waals surface area contributed by atoms with Crippen LogP contribution in [0.2, 0.25) is 0 Å². The molecule has 0 aliphatic carbocycles. The van der Waals surface area contributed by atoms with Crippen molar-refractivity contribution in [1.82, 2.24) is 0 Å². The highest BCUT2D eigenvalue weighted by Crippen LogP contribution is 2.25. The predicted molar refractivity (Wildman–Crippen MR) is 57.3 cm³/mol. The first kappa shape index (κ1) is 14.2. The average Bonchev–Trinajstić information content (AvgIpc) is 2.20. The zero-order chi connectivity index (χ0) is 13.0. The molecule has 0 spiro atoms. The molecule has 6 nitrogen and oxygen atoms in total. The topological polar surface area (TPSA) is 82.1 Å². The van der Waals surface area contributed by atoms with Crippen LogP contribution < -0.4 is 0 Å². The van der Waals surface area contributed by atoms with Gasteiger partial charge < -0.3 is 19.3 Å². The van der Waals surface area contributed by atoms with E-state index in [1.54, 1.807) is 0 Å². The molecule has 0 saturated carbocycles. The van der Waals surface area contributed by atoms with Crippen LogP contribution in [0, 0.1) is 0 Å². The largest absolute Gasteiger partial charge is 0.458 e. The number of esters is 2. The fourth-order valence-electron chi connectivity index (χ4n) is 1.70. The van der Waals surface area contributed by atoms with Gasteiger partial charge in [0.1, 0.15) is 12.2 Å². The van der Waals surface area contributed by atoms with Gasteiger partial charge >= 0.3 is 11.9 Å². The van der Waals surface area contributed by atoms with Gasteiger partial charge in [-0.05, 0) is 0 Å². The van der Waals surface area contributed by atoms with Crippen molar-refractivity contribution in [1.29, 1.82) is 0 Å². The second-order valence-electron chi connectivity index (χ2n) is 3.74. The Morgan fingerprint density at radius 1 is 1.35 bits per heavy atom. The van der Waals surface area contributed by atoms with E-state index in [-0.39, 0.29) is 12.3 Å². The number of rotatable bonds is 3. The van der Waals surface area contributed by atoms with Gasteiger partial charge in [0.15, 0.2) is 12.4 Å². The molecule has 7 heteroatoms. The van der Waals surface area contributed by atoms with Crippen LogP contribution >= 0.6 is 11.6 Å². The molecule has 1 rings (SSSR count). The van der Waals surface area contributed by atoms with Gasteiger partial charge in [0, 0.05) is 20.3 Å². The van der Waals surface area contributed by atoms with Crippen LogP contribution in [-0.4, -0.2) is 47.5 Å². The molecule has 1 fully saturated rings. The quantitative estimate of drug-likeness (QED) is 0.580. The van der Waals surface area contributed by atoms with Gasteiger partial charge in [0.05, 0.1) is 5.88 Å². The molecule has 1 N–H and O–H groups in total. The minimum Gasteiger partial charge on any atom is -0.458 e. The summed E-state index contributed by atoms with van der Waals surface area (Å²) in [6.45, 7) is 2.48. The molecule has 0 aromatic rings. The van der Waals surface area contributed by atoms with Crippen LogP contribution in [0.15, 0.2) is 0 Å². The van der Waals surface area contributed by atoms with E-state index in [0.29, 0.717) is 0 Å². The predicted octanol–water partition coefficient (Wildman–Crippen LogP) is 0.196. The van der Waals surface area contributed by atoms with Gasteiger partial charge in [-0.15, -0.1) is 11.6 Å². The van der Waals surface area contributed by atoms with Crippen molar-refractivity contribution in [3.8, 4) is 0 Å². The maximum atomic E-state index is 11.0.